The van der Waals surface area contributed by atoms with Gasteiger partial charge in [-0.1, -0.05) is 17.7 Å². The van der Waals surface area contributed by atoms with Crippen LogP contribution in [0.1, 0.15) is 15.4 Å². The monoisotopic (exact) mass is 332 g/mol. The summed E-state index contributed by atoms with van der Waals surface area (Å²) in [5.74, 6) is -0.141. The Morgan fingerprint density at radius 3 is 2.86 bits per heavy atom. The van der Waals surface area contributed by atoms with E-state index in [1.54, 1.807) is 23.0 Å². The van der Waals surface area contributed by atoms with Crippen LogP contribution in [0.2, 0.25) is 4.34 Å². The molecule has 0 bridgehead atoms. The minimum Gasteiger partial charge on any atom is -0.346 e. The van der Waals surface area contributed by atoms with Gasteiger partial charge in [0.1, 0.15) is 5.69 Å². The molecule has 22 heavy (non-hydrogen) atoms. The molecule has 0 aliphatic carbocycles. The number of thiophene rings is 1. The van der Waals surface area contributed by atoms with Crippen LogP contribution in [0.5, 0.6) is 0 Å². The van der Waals surface area contributed by atoms with Crippen LogP contribution in [0.25, 0.3) is 11.4 Å². The highest BCUT2D eigenvalue weighted by Gasteiger charge is 2.11. The molecule has 5 nitrogen and oxygen atoms in total. The average molecular weight is 333 g/mol. The Labute approximate surface area is 136 Å². The van der Waals surface area contributed by atoms with E-state index in [0.29, 0.717) is 15.8 Å². The maximum absolute atomic E-state index is 12.0. The summed E-state index contributed by atoms with van der Waals surface area (Å²) in [6, 6.07) is 11.0. The number of hydrogen-bond donors (Lipinski definition) is 1. The zero-order valence-electron chi connectivity index (χ0n) is 11.8. The molecule has 0 aliphatic heterocycles. The number of aryl methyl sites for hydroxylation is 1. The van der Waals surface area contributed by atoms with Crippen molar-refractivity contribution >= 4 is 28.8 Å². The number of amides is 1. The highest BCUT2D eigenvalue weighted by Crippen LogP contribution is 2.21. The lowest BCUT2D eigenvalue weighted by Gasteiger charge is -2.03. The maximum Gasteiger partial charge on any atom is 0.261 e. The molecule has 0 fully saturated rings. The lowest BCUT2D eigenvalue weighted by molar-refractivity contribution is 0.0954. The molecule has 0 aliphatic rings. The molecule has 0 saturated carbocycles. The van der Waals surface area contributed by atoms with Gasteiger partial charge in [-0.3, -0.25) is 14.5 Å². The van der Waals surface area contributed by atoms with E-state index in [-0.39, 0.29) is 5.91 Å². The summed E-state index contributed by atoms with van der Waals surface area (Å²) in [6.07, 6.45) is 1.73. The number of rotatable bonds is 4. The van der Waals surface area contributed by atoms with Gasteiger partial charge in [-0.25, -0.2) is 0 Å². The normalized spacial score (nSPS) is 10.6. The predicted molar refractivity (Wildman–Crippen MR) is 86.9 cm³/mol. The summed E-state index contributed by atoms with van der Waals surface area (Å²) in [6.45, 7) is 0.394. The Kier molecular flexibility index (Phi) is 4.22. The molecular formula is C15H13ClN4OS. The molecule has 7 heteroatoms. The second kappa shape index (κ2) is 6.29. The standard InChI is InChI=1S/C15H13ClN4OS/c1-20-10(8-12(19-20)11-4-2-3-7-17-11)9-18-15(21)13-5-6-14(16)22-13/h2-8H,9H2,1H3,(H,18,21). The minimum atomic E-state index is -0.141. The van der Waals surface area contributed by atoms with Crippen LogP contribution < -0.4 is 5.32 Å². The first kappa shape index (κ1) is 14.7. The summed E-state index contributed by atoms with van der Waals surface area (Å²) in [5.41, 5.74) is 2.49. The third-order valence-electron chi connectivity index (χ3n) is 3.13. The molecule has 3 heterocycles. The molecule has 1 amide bonds. The molecular weight excluding hydrogens is 320 g/mol. The van der Waals surface area contributed by atoms with Crippen LogP contribution in [-0.2, 0) is 13.6 Å². The molecule has 0 saturated heterocycles. The Bertz CT molecular complexity index is 797. The number of nitrogens with zero attached hydrogens (tertiary/aromatic N) is 3. The number of aromatic nitrogens is 3. The van der Waals surface area contributed by atoms with Crippen LogP contribution in [0, 0.1) is 0 Å². The average Bonchev–Trinajstić information content (AvgIpc) is 3.12. The highest BCUT2D eigenvalue weighted by molar-refractivity contribution is 7.17. The van der Waals surface area contributed by atoms with Gasteiger partial charge in [-0.15, -0.1) is 11.3 Å². The number of halogens is 1. The number of pyridine rings is 1. The Balaban J connectivity index is 1.71. The fraction of sp³-hybridized carbons (Fsp3) is 0.133. The van der Waals surface area contributed by atoms with Gasteiger partial charge in [0.15, 0.2) is 0 Å². The molecule has 0 unspecified atom stereocenters. The molecule has 0 spiro atoms. The first-order chi connectivity index (χ1) is 10.6. The third-order valence-corrected chi connectivity index (χ3v) is 4.36. The SMILES string of the molecule is Cn1nc(-c2ccccn2)cc1CNC(=O)c1ccc(Cl)s1. The molecule has 3 aromatic rings. The topological polar surface area (TPSA) is 59.8 Å². The Hall–Kier alpha value is -2.18. The van der Waals surface area contributed by atoms with E-state index in [2.05, 4.69) is 15.4 Å². The quantitative estimate of drug-likeness (QED) is 0.798. The summed E-state index contributed by atoms with van der Waals surface area (Å²) < 4.78 is 2.34. The Morgan fingerprint density at radius 1 is 1.32 bits per heavy atom. The van der Waals surface area contributed by atoms with Gasteiger partial charge in [-0.05, 0) is 30.3 Å². The van der Waals surface area contributed by atoms with Crippen LogP contribution >= 0.6 is 22.9 Å². The van der Waals surface area contributed by atoms with Crippen molar-refractivity contribution in [2.75, 3.05) is 0 Å². The lowest BCUT2D eigenvalue weighted by Crippen LogP contribution is -2.23. The third kappa shape index (κ3) is 3.18. The predicted octanol–water partition coefficient (Wildman–Crippen LogP) is 3.13. The van der Waals surface area contributed by atoms with Crippen molar-refractivity contribution in [2.24, 2.45) is 7.05 Å². The molecule has 3 rings (SSSR count). The van der Waals surface area contributed by atoms with Crippen LogP contribution in [0.3, 0.4) is 0 Å². The second-order valence-electron chi connectivity index (χ2n) is 4.65. The van der Waals surface area contributed by atoms with Crippen molar-refractivity contribution in [3.05, 3.63) is 57.5 Å². The largest absolute Gasteiger partial charge is 0.346 e. The molecule has 112 valence electrons. The van der Waals surface area contributed by atoms with Gasteiger partial charge < -0.3 is 5.32 Å². The molecule has 1 N–H and O–H groups in total. The van der Waals surface area contributed by atoms with E-state index in [0.717, 1.165) is 17.1 Å². The Morgan fingerprint density at radius 2 is 2.18 bits per heavy atom. The van der Waals surface area contributed by atoms with Crippen molar-refractivity contribution in [1.29, 1.82) is 0 Å². The molecule has 0 aromatic carbocycles. The highest BCUT2D eigenvalue weighted by atomic mass is 35.5. The fourth-order valence-corrected chi connectivity index (χ4v) is 2.96. The number of carbonyl (C=O) groups excluding carboxylic acids is 1. The van der Waals surface area contributed by atoms with Crippen molar-refractivity contribution in [3.8, 4) is 11.4 Å². The fourth-order valence-electron chi connectivity index (χ4n) is 2.01. The van der Waals surface area contributed by atoms with Crippen LogP contribution in [0.15, 0.2) is 42.6 Å². The van der Waals surface area contributed by atoms with E-state index in [1.165, 1.54) is 11.3 Å². The number of hydrogen-bond acceptors (Lipinski definition) is 4. The summed E-state index contributed by atoms with van der Waals surface area (Å²) in [7, 11) is 1.84. The lowest BCUT2D eigenvalue weighted by atomic mass is 10.2. The van der Waals surface area contributed by atoms with Gasteiger partial charge in [0.25, 0.3) is 5.91 Å². The van der Waals surface area contributed by atoms with Crippen molar-refractivity contribution in [3.63, 3.8) is 0 Å². The molecule has 3 aromatic heterocycles. The summed E-state index contributed by atoms with van der Waals surface area (Å²) >= 11 is 7.09. The van der Waals surface area contributed by atoms with E-state index >= 15 is 0 Å². The first-order valence-electron chi connectivity index (χ1n) is 6.61. The van der Waals surface area contributed by atoms with Crippen LogP contribution in [0.4, 0.5) is 0 Å². The second-order valence-corrected chi connectivity index (χ2v) is 6.36. The van der Waals surface area contributed by atoms with E-state index in [1.807, 2.05) is 31.3 Å². The van der Waals surface area contributed by atoms with E-state index < -0.39 is 0 Å². The van der Waals surface area contributed by atoms with Gasteiger partial charge in [0, 0.05) is 13.2 Å². The smallest absolute Gasteiger partial charge is 0.261 e. The van der Waals surface area contributed by atoms with E-state index in [9.17, 15) is 4.79 Å². The molecule has 0 radical (unpaired) electrons. The zero-order valence-corrected chi connectivity index (χ0v) is 13.4. The number of nitrogens with one attached hydrogen (secondary N) is 1. The van der Waals surface area contributed by atoms with Gasteiger partial charge in [-0.2, -0.15) is 5.10 Å². The van der Waals surface area contributed by atoms with Crippen molar-refractivity contribution in [2.45, 2.75) is 6.54 Å². The van der Waals surface area contributed by atoms with E-state index in [4.69, 9.17) is 11.6 Å². The first-order valence-corrected chi connectivity index (χ1v) is 7.81. The summed E-state index contributed by atoms with van der Waals surface area (Å²) in [4.78, 5) is 16.9. The summed E-state index contributed by atoms with van der Waals surface area (Å²) in [5, 5.41) is 7.29. The minimum absolute atomic E-state index is 0.141. The molecule has 0 atom stereocenters. The van der Waals surface area contributed by atoms with Crippen LogP contribution in [-0.4, -0.2) is 20.7 Å². The van der Waals surface area contributed by atoms with Crippen molar-refractivity contribution in [1.82, 2.24) is 20.1 Å². The zero-order chi connectivity index (χ0) is 15.5. The number of carbonyl (C=O) groups is 1. The van der Waals surface area contributed by atoms with Gasteiger partial charge in [0.05, 0.1) is 27.1 Å². The van der Waals surface area contributed by atoms with Gasteiger partial charge in [0.2, 0.25) is 0 Å². The van der Waals surface area contributed by atoms with Crippen molar-refractivity contribution < 1.29 is 4.79 Å². The van der Waals surface area contributed by atoms with Gasteiger partial charge >= 0.3 is 0 Å². The maximum atomic E-state index is 12.0.